The first kappa shape index (κ1) is 22.8. The quantitative estimate of drug-likeness (QED) is 0.235. The molecule has 142 valence electrons. The molecule has 0 amide bonds. The summed E-state index contributed by atoms with van der Waals surface area (Å²) >= 11 is 0. The summed E-state index contributed by atoms with van der Waals surface area (Å²) in [6.07, 6.45) is -4.96. The second-order valence-corrected chi connectivity index (χ2v) is 5.18. The average Bonchev–Trinajstić information content (AvgIpc) is 2.47. The third-order valence-corrected chi connectivity index (χ3v) is 3.39. The molecule has 0 spiro atoms. The van der Waals surface area contributed by atoms with Crippen LogP contribution in [0.4, 0.5) is 4.39 Å². The molecule has 10 nitrogen and oxygen atoms in total. The van der Waals surface area contributed by atoms with E-state index in [1.165, 1.54) is 0 Å². The highest BCUT2D eigenvalue weighted by molar-refractivity contribution is 6.14. The molecule has 25 heavy (non-hydrogen) atoms. The molecule has 0 aromatic rings. The molecule has 0 radical (unpaired) electrons. The van der Waals surface area contributed by atoms with Gasteiger partial charge in [0.05, 0.1) is 6.61 Å². The van der Waals surface area contributed by atoms with Crippen molar-refractivity contribution in [1.82, 2.24) is 0 Å². The maximum Gasteiger partial charge on any atom is 0.357 e. The van der Waals surface area contributed by atoms with Gasteiger partial charge in [0.1, 0.15) is 12.2 Å². The molecule has 0 aliphatic carbocycles. The number of halogens is 1. The fraction of sp³-hybridized carbons (Fsp3) is 0.643. The lowest BCUT2D eigenvalue weighted by Gasteiger charge is -2.45. The van der Waals surface area contributed by atoms with Crippen molar-refractivity contribution in [2.45, 2.75) is 51.1 Å². The highest BCUT2D eigenvalue weighted by atomic mass is 19.1. The molecule has 0 unspecified atom stereocenters. The highest BCUT2D eigenvalue weighted by Crippen LogP contribution is 2.39. The standard InChI is InChI=1S/C14H19FO10/c1-6(17)13(24-8(3)19,11(22)10(21)5-16)14(7(2)18,12(15)23)25-9(4)20/h10-11,16,21-22H,5H2,1-4H3/t10-,11-,13+,14+/m1/s1. The predicted octanol–water partition coefficient (Wildman–Crippen LogP) is -2.02. The predicted molar refractivity (Wildman–Crippen MR) is 75.6 cm³/mol. The average molecular weight is 366 g/mol. The Hall–Kier alpha value is -2.24. The topological polar surface area (TPSA) is 164 Å². The van der Waals surface area contributed by atoms with Gasteiger partial charge in [-0.2, -0.15) is 4.39 Å². The van der Waals surface area contributed by atoms with E-state index in [2.05, 4.69) is 9.47 Å². The van der Waals surface area contributed by atoms with Crippen LogP contribution in [0.2, 0.25) is 0 Å². The highest BCUT2D eigenvalue weighted by Gasteiger charge is 2.73. The fourth-order valence-corrected chi connectivity index (χ4v) is 2.42. The smallest absolute Gasteiger partial charge is 0.357 e. The van der Waals surface area contributed by atoms with Crippen LogP contribution < -0.4 is 0 Å². The van der Waals surface area contributed by atoms with Crippen LogP contribution in [-0.4, -0.2) is 74.9 Å². The Morgan fingerprint density at radius 3 is 1.60 bits per heavy atom. The van der Waals surface area contributed by atoms with Gasteiger partial charge < -0.3 is 24.8 Å². The van der Waals surface area contributed by atoms with Gasteiger partial charge in [-0.3, -0.25) is 24.0 Å². The Morgan fingerprint density at radius 1 is 0.920 bits per heavy atom. The number of ketones is 2. The zero-order valence-corrected chi connectivity index (χ0v) is 13.9. The minimum absolute atomic E-state index is 0.541. The molecule has 4 atom stereocenters. The Morgan fingerprint density at radius 2 is 1.36 bits per heavy atom. The van der Waals surface area contributed by atoms with Crippen LogP contribution in [0.1, 0.15) is 27.7 Å². The number of rotatable bonds is 9. The van der Waals surface area contributed by atoms with Crippen molar-refractivity contribution in [2.75, 3.05) is 6.61 Å². The van der Waals surface area contributed by atoms with Crippen LogP contribution >= 0.6 is 0 Å². The molecular weight excluding hydrogens is 347 g/mol. The van der Waals surface area contributed by atoms with E-state index in [0.717, 1.165) is 0 Å². The fourth-order valence-electron chi connectivity index (χ4n) is 2.42. The van der Waals surface area contributed by atoms with Gasteiger partial charge in [-0.05, 0) is 13.8 Å². The molecule has 0 aromatic heterocycles. The third kappa shape index (κ3) is 3.89. The number of Topliss-reactive ketones (excluding diaryl/α,β-unsaturated/α-hetero) is 2. The van der Waals surface area contributed by atoms with Crippen molar-refractivity contribution >= 4 is 29.5 Å². The van der Waals surface area contributed by atoms with E-state index in [1.54, 1.807) is 0 Å². The summed E-state index contributed by atoms with van der Waals surface area (Å²) < 4.78 is 23.0. The number of esters is 2. The second kappa shape index (κ2) is 8.23. The van der Waals surface area contributed by atoms with E-state index in [9.17, 15) is 38.6 Å². The van der Waals surface area contributed by atoms with E-state index < -0.39 is 59.6 Å². The third-order valence-electron chi connectivity index (χ3n) is 3.39. The van der Waals surface area contributed by atoms with Crippen molar-refractivity contribution in [3.8, 4) is 0 Å². The zero-order valence-electron chi connectivity index (χ0n) is 13.9. The number of carbonyl (C=O) groups excluding carboxylic acids is 5. The van der Waals surface area contributed by atoms with Crippen LogP contribution in [0.3, 0.4) is 0 Å². The Kier molecular flexibility index (Phi) is 7.49. The molecule has 0 bridgehead atoms. The van der Waals surface area contributed by atoms with Gasteiger partial charge in [0.25, 0.3) is 5.60 Å². The summed E-state index contributed by atoms with van der Waals surface area (Å²) in [5, 5.41) is 28.9. The summed E-state index contributed by atoms with van der Waals surface area (Å²) in [5.74, 6) is -5.90. The van der Waals surface area contributed by atoms with E-state index in [-0.39, 0.29) is 0 Å². The molecule has 0 saturated carbocycles. The van der Waals surface area contributed by atoms with Gasteiger partial charge in [-0.25, -0.2) is 0 Å². The molecule has 0 heterocycles. The van der Waals surface area contributed by atoms with Crippen LogP contribution in [-0.2, 0) is 33.4 Å². The van der Waals surface area contributed by atoms with Crippen molar-refractivity contribution in [2.24, 2.45) is 0 Å². The minimum atomic E-state index is -3.72. The first-order valence-corrected chi connectivity index (χ1v) is 6.89. The van der Waals surface area contributed by atoms with Gasteiger partial charge in [-0.1, -0.05) is 0 Å². The number of aliphatic hydroxyl groups excluding tert-OH is 3. The van der Waals surface area contributed by atoms with Crippen molar-refractivity contribution in [3.63, 3.8) is 0 Å². The number of carbonyl (C=O) groups is 5. The second-order valence-electron chi connectivity index (χ2n) is 5.18. The largest absolute Gasteiger partial charge is 0.443 e. The normalized spacial score (nSPS) is 18.1. The maximum atomic E-state index is 13.9. The van der Waals surface area contributed by atoms with Crippen LogP contribution in [0.25, 0.3) is 0 Å². The lowest BCUT2D eigenvalue weighted by molar-refractivity contribution is -0.239. The summed E-state index contributed by atoms with van der Waals surface area (Å²) in [7, 11) is 0. The van der Waals surface area contributed by atoms with E-state index in [4.69, 9.17) is 5.11 Å². The summed E-state index contributed by atoms with van der Waals surface area (Å²) in [6, 6.07) is -2.73. The summed E-state index contributed by atoms with van der Waals surface area (Å²) in [4.78, 5) is 58.7. The summed E-state index contributed by atoms with van der Waals surface area (Å²) in [6.45, 7) is 1.26. The molecule has 0 rings (SSSR count). The van der Waals surface area contributed by atoms with Gasteiger partial charge in [0.2, 0.25) is 0 Å². The molecule has 0 aliphatic rings. The van der Waals surface area contributed by atoms with Gasteiger partial charge in [0, 0.05) is 13.8 Å². The maximum absolute atomic E-state index is 13.9. The minimum Gasteiger partial charge on any atom is -0.443 e. The monoisotopic (exact) mass is 366 g/mol. The molecule has 0 aliphatic heterocycles. The summed E-state index contributed by atoms with van der Waals surface area (Å²) in [5.41, 5.74) is -7.18. The first-order valence-electron chi connectivity index (χ1n) is 6.89. The van der Waals surface area contributed by atoms with Crippen LogP contribution in [0, 0.1) is 0 Å². The molecule has 11 heteroatoms. The first-order chi connectivity index (χ1) is 11.3. The molecule has 0 saturated heterocycles. The lowest BCUT2D eigenvalue weighted by atomic mass is 9.71. The Bertz CT molecular complexity index is 572. The lowest BCUT2D eigenvalue weighted by Crippen LogP contribution is -2.76. The number of hydrogen-bond acceptors (Lipinski definition) is 10. The Balaban J connectivity index is 7.10. The molecule has 3 N–H and O–H groups in total. The number of hydrogen-bond donors (Lipinski definition) is 3. The van der Waals surface area contributed by atoms with Crippen LogP contribution in [0.15, 0.2) is 0 Å². The molecule has 0 aromatic carbocycles. The number of aliphatic hydroxyl groups is 3. The van der Waals surface area contributed by atoms with Gasteiger partial charge >= 0.3 is 23.6 Å². The van der Waals surface area contributed by atoms with Gasteiger partial charge in [-0.15, -0.1) is 0 Å². The SMILES string of the molecule is CC(=O)O[C@@](C(C)=O)(C(=O)F)[C@](OC(C)=O)(C(C)=O)[C@H](O)[C@H](O)CO. The van der Waals surface area contributed by atoms with Crippen LogP contribution in [0.5, 0.6) is 0 Å². The van der Waals surface area contributed by atoms with Gasteiger partial charge in [0.15, 0.2) is 11.6 Å². The van der Waals surface area contributed by atoms with Crippen molar-refractivity contribution < 1.29 is 53.2 Å². The van der Waals surface area contributed by atoms with Crippen molar-refractivity contribution in [3.05, 3.63) is 0 Å². The van der Waals surface area contributed by atoms with Crippen molar-refractivity contribution in [1.29, 1.82) is 0 Å². The number of ether oxygens (including phenoxy) is 2. The molecule has 0 fully saturated rings. The van der Waals surface area contributed by atoms with E-state index in [1.807, 2.05) is 0 Å². The Labute approximate surface area is 141 Å². The van der Waals surface area contributed by atoms with E-state index >= 15 is 0 Å². The van der Waals surface area contributed by atoms with E-state index in [0.29, 0.717) is 27.7 Å². The zero-order chi connectivity index (χ0) is 20.2. The molecular formula is C14H19FO10.